The third-order valence-corrected chi connectivity index (χ3v) is 4.46. The smallest absolute Gasteiger partial charge is 0.286 e. The summed E-state index contributed by atoms with van der Waals surface area (Å²) in [7, 11) is 3.15. The van der Waals surface area contributed by atoms with Gasteiger partial charge in [0.25, 0.3) is 5.24 Å². The second-order valence-electron chi connectivity index (χ2n) is 4.92. The molecule has 0 aliphatic carbocycles. The van der Waals surface area contributed by atoms with Crippen molar-refractivity contribution in [3.8, 4) is 22.8 Å². The molecule has 120 valence electrons. The van der Waals surface area contributed by atoms with Gasteiger partial charge in [0.1, 0.15) is 16.8 Å². The highest BCUT2D eigenvalue weighted by Gasteiger charge is 2.32. The molecule has 1 aliphatic heterocycles. The van der Waals surface area contributed by atoms with E-state index in [0.29, 0.717) is 29.4 Å². The van der Waals surface area contributed by atoms with Gasteiger partial charge in [-0.15, -0.1) is 0 Å². The topological polar surface area (TPSA) is 77.8 Å². The van der Waals surface area contributed by atoms with Gasteiger partial charge in [-0.25, -0.2) is 0 Å². The van der Waals surface area contributed by atoms with Gasteiger partial charge in [-0.1, -0.05) is 11.8 Å². The van der Waals surface area contributed by atoms with Crippen molar-refractivity contribution < 1.29 is 23.5 Å². The van der Waals surface area contributed by atoms with E-state index in [4.69, 9.17) is 13.9 Å². The minimum atomic E-state index is -0.438. The number of furan rings is 1. The summed E-state index contributed by atoms with van der Waals surface area (Å²) in [6, 6.07) is 9.13. The Morgan fingerprint density at radius 1 is 1.13 bits per heavy atom. The fourth-order valence-electron chi connectivity index (χ4n) is 2.34. The number of rotatable bonds is 5. The number of hydrogen-bond acceptors (Lipinski definition) is 6. The first kappa shape index (κ1) is 15.5. The van der Waals surface area contributed by atoms with Gasteiger partial charge in [0.15, 0.2) is 11.5 Å². The standard InChI is InChI=1S/C16H15NO5S/c1-20-12-5-3-9(7-13(12)21-2)11-6-4-10(22-11)8-14-15(18)17-16(19)23-14/h3-7,14H,8H2,1-2H3,(H,17,18,19). The van der Waals surface area contributed by atoms with Gasteiger partial charge in [0.05, 0.1) is 14.2 Å². The van der Waals surface area contributed by atoms with Crippen molar-refractivity contribution in [1.29, 1.82) is 0 Å². The molecule has 3 rings (SSSR count). The predicted molar refractivity (Wildman–Crippen MR) is 85.9 cm³/mol. The number of imide groups is 1. The third kappa shape index (κ3) is 3.19. The van der Waals surface area contributed by atoms with Crippen LogP contribution < -0.4 is 14.8 Å². The molecule has 0 saturated carbocycles. The van der Waals surface area contributed by atoms with E-state index >= 15 is 0 Å². The fourth-order valence-corrected chi connectivity index (χ4v) is 3.17. The third-order valence-electron chi connectivity index (χ3n) is 3.48. The molecule has 1 aromatic carbocycles. The average molecular weight is 333 g/mol. The largest absolute Gasteiger partial charge is 0.493 e. The van der Waals surface area contributed by atoms with Crippen LogP contribution in [0, 0.1) is 0 Å². The zero-order valence-electron chi connectivity index (χ0n) is 12.6. The molecule has 0 radical (unpaired) electrons. The van der Waals surface area contributed by atoms with Crippen LogP contribution in [0.15, 0.2) is 34.7 Å². The van der Waals surface area contributed by atoms with Gasteiger partial charge >= 0.3 is 0 Å². The zero-order chi connectivity index (χ0) is 16.4. The molecule has 1 unspecified atom stereocenters. The SMILES string of the molecule is COc1ccc(-c2ccc(CC3SC(=O)NC3=O)o2)cc1OC. The minimum Gasteiger partial charge on any atom is -0.493 e. The second kappa shape index (κ2) is 6.37. The highest BCUT2D eigenvalue weighted by atomic mass is 32.2. The van der Waals surface area contributed by atoms with Crippen molar-refractivity contribution in [2.75, 3.05) is 14.2 Å². The number of carbonyl (C=O) groups excluding carboxylic acids is 2. The quantitative estimate of drug-likeness (QED) is 0.906. The maximum Gasteiger partial charge on any atom is 0.286 e. The summed E-state index contributed by atoms with van der Waals surface area (Å²) < 4.78 is 16.3. The summed E-state index contributed by atoms with van der Waals surface area (Å²) in [4.78, 5) is 22.8. The molecule has 7 heteroatoms. The van der Waals surface area contributed by atoms with Crippen LogP contribution in [0.2, 0.25) is 0 Å². The lowest BCUT2D eigenvalue weighted by molar-refractivity contribution is -0.119. The lowest BCUT2D eigenvalue weighted by Crippen LogP contribution is -2.25. The van der Waals surface area contributed by atoms with Crippen LogP contribution in [0.3, 0.4) is 0 Å². The zero-order valence-corrected chi connectivity index (χ0v) is 13.4. The van der Waals surface area contributed by atoms with Gasteiger partial charge in [0, 0.05) is 12.0 Å². The lowest BCUT2D eigenvalue weighted by atomic mass is 10.1. The van der Waals surface area contributed by atoms with Gasteiger partial charge in [0.2, 0.25) is 5.91 Å². The Balaban J connectivity index is 1.79. The van der Waals surface area contributed by atoms with Crippen molar-refractivity contribution >= 4 is 22.9 Å². The lowest BCUT2D eigenvalue weighted by Gasteiger charge is -2.08. The maximum atomic E-state index is 11.6. The van der Waals surface area contributed by atoms with Crippen molar-refractivity contribution in [2.45, 2.75) is 11.7 Å². The number of hydrogen-bond donors (Lipinski definition) is 1. The molecular weight excluding hydrogens is 318 g/mol. The Bertz CT molecular complexity index is 755. The van der Waals surface area contributed by atoms with E-state index in [1.54, 1.807) is 20.3 Å². The summed E-state index contributed by atoms with van der Waals surface area (Å²) in [5, 5.41) is 1.52. The summed E-state index contributed by atoms with van der Waals surface area (Å²) in [5.41, 5.74) is 0.841. The van der Waals surface area contributed by atoms with Crippen LogP contribution in [0.5, 0.6) is 11.5 Å². The highest BCUT2D eigenvalue weighted by molar-refractivity contribution is 8.15. The Labute approximate surface area is 137 Å². The van der Waals surface area contributed by atoms with E-state index in [1.165, 1.54) is 0 Å². The number of benzene rings is 1. The first-order chi connectivity index (χ1) is 11.1. The summed E-state index contributed by atoms with van der Waals surface area (Å²) in [5.74, 6) is 2.29. The molecule has 1 atom stereocenters. The maximum absolute atomic E-state index is 11.6. The number of amides is 2. The molecule has 23 heavy (non-hydrogen) atoms. The molecule has 1 saturated heterocycles. The molecule has 2 amide bonds. The van der Waals surface area contributed by atoms with E-state index in [2.05, 4.69) is 5.32 Å². The van der Waals surface area contributed by atoms with Crippen LogP contribution in [0.1, 0.15) is 5.76 Å². The van der Waals surface area contributed by atoms with Crippen molar-refractivity contribution in [1.82, 2.24) is 5.32 Å². The number of carbonyl (C=O) groups is 2. The number of ether oxygens (including phenoxy) is 2. The summed E-state index contributed by atoms with van der Waals surface area (Å²) >= 11 is 0.988. The molecule has 1 fully saturated rings. The Morgan fingerprint density at radius 3 is 2.57 bits per heavy atom. The highest BCUT2D eigenvalue weighted by Crippen LogP contribution is 2.33. The van der Waals surface area contributed by atoms with E-state index < -0.39 is 5.25 Å². The number of methoxy groups -OCH3 is 2. The Hall–Kier alpha value is -2.41. The minimum absolute atomic E-state index is 0.274. The molecule has 1 aromatic heterocycles. The van der Waals surface area contributed by atoms with E-state index in [-0.39, 0.29) is 11.1 Å². The van der Waals surface area contributed by atoms with Gasteiger partial charge in [-0.2, -0.15) is 0 Å². The summed E-state index contributed by atoms with van der Waals surface area (Å²) in [6.07, 6.45) is 0.371. The predicted octanol–water partition coefficient (Wildman–Crippen LogP) is 2.86. The first-order valence-corrected chi connectivity index (χ1v) is 7.81. The first-order valence-electron chi connectivity index (χ1n) is 6.93. The molecule has 0 bridgehead atoms. The second-order valence-corrected chi connectivity index (χ2v) is 6.10. The van der Waals surface area contributed by atoms with E-state index in [0.717, 1.165) is 17.3 Å². The molecule has 2 aromatic rings. The van der Waals surface area contributed by atoms with Gasteiger partial charge in [-0.05, 0) is 30.3 Å². The van der Waals surface area contributed by atoms with Crippen molar-refractivity contribution in [3.05, 3.63) is 36.1 Å². The van der Waals surface area contributed by atoms with E-state index in [1.807, 2.05) is 24.3 Å². The fraction of sp³-hybridized carbons (Fsp3) is 0.250. The number of thioether (sulfide) groups is 1. The normalized spacial score (nSPS) is 17.2. The van der Waals surface area contributed by atoms with E-state index in [9.17, 15) is 9.59 Å². The average Bonchev–Trinajstić information content (AvgIpc) is 3.13. The van der Waals surface area contributed by atoms with Gasteiger partial charge < -0.3 is 13.9 Å². The van der Waals surface area contributed by atoms with Crippen molar-refractivity contribution in [2.24, 2.45) is 0 Å². The monoisotopic (exact) mass is 333 g/mol. The molecule has 2 heterocycles. The molecular formula is C16H15NO5S. The number of nitrogens with one attached hydrogen (secondary N) is 1. The van der Waals surface area contributed by atoms with Crippen LogP contribution in [0.4, 0.5) is 4.79 Å². The molecule has 1 aliphatic rings. The molecule has 1 N–H and O–H groups in total. The Morgan fingerprint density at radius 2 is 1.91 bits per heavy atom. The van der Waals surface area contributed by atoms with Crippen LogP contribution in [-0.2, 0) is 11.2 Å². The molecule has 0 spiro atoms. The summed E-state index contributed by atoms with van der Waals surface area (Å²) in [6.45, 7) is 0. The van der Waals surface area contributed by atoms with Crippen LogP contribution >= 0.6 is 11.8 Å². The van der Waals surface area contributed by atoms with Gasteiger partial charge in [-0.3, -0.25) is 14.9 Å². The molecule has 6 nitrogen and oxygen atoms in total. The van der Waals surface area contributed by atoms with Crippen LogP contribution in [-0.4, -0.2) is 30.6 Å². The van der Waals surface area contributed by atoms with Crippen LogP contribution in [0.25, 0.3) is 11.3 Å². The Kier molecular flexibility index (Phi) is 4.29. The van der Waals surface area contributed by atoms with Crippen molar-refractivity contribution in [3.63, 3.8) is 0 Å².